The fourth-order valence-electron chi connectivity index (χ4n) is 4.53. The summed E-state index contributed by atoms with van der Waals surface area (Å²) in [6.45, 7) is 0.852. The fraction of sp³-hybridized carbons (Fsp3) is 0.474. The summed E-state index contributed by atoms with van der Waals surface area (Å²) in [6.07, 6.45) is 8.11. The van der Waals surface area contributed by atoms with E-state index in [9.17, 15) is 0 Å². The Balaban J connectivity index is 1.65. The molecular weight excluding hydrogens is 274 g/mol. The van der Waals surface area contributed by atoms with Crippen LogP contribution in [0.15, 0.2) is 34.9 Å². The Hall–Kier alpha value is -1.74. The van der Waals surface area contributed by atoms with Gasteiger partial charge in [0.2, 0.25) is 0 Å². The van der Waals surface area contributed by atoms with Crippen LogP contribution in [-0.4, -0.2) is 6.61 Å². The molecule has 2 aliphatic heterocycles. The van der Waals surface area contributed by atoms with E-state index >= 15 is 0 Å². The maximum atomic E-state index is 6.12. The van der Waals surface area contributed by atoms with Gasteiger partial charge in [0, 0.05) is 23.8 Å². The Labute approximate surface area is 130 Å². The van der Waals surface area contributed by atoms with Gasteiger partial charge in [0.05, 0.1) is 18.4 Å². The number of benzene rings is 1. The summed E-state index contributed by atoms with van der Waals surface area (Å²) in [5, 5.41) is 3.83. The van der Waals surface area contributed by atoms with Crippen LogP contribution in [0.4, 0.5) is 5.69 Å². The van der Waals surface area contributed by atoms with Crippen molar-refractivity contribution in [3.05, 3.63) is 53.0 Å². The van der Waals surface area contributed by atoms with Crippen molar-refractivity contribution in [2.24, 2.45) is 5.92 Å². The van der Waals surface area contributed by atoms with E-state index < -0.39 is 0 Å². The second-order valence-electron chi connectivity index (χ2n) is 6.76. The van der Waals surface area contributed by atoms with Gasteiger partial charge >= 0.3 is 0 Å². The summed E-state index contributed by atoms with van der Waals surface area (Å²) >= 11 is 0. The molecule has 1 N–H and O–H groups in total. The lowest BCUT2D eigenvalue weighted by molar-refractivity contribution is 0.0807. The standard InChI is InChI=1S/C19H21NO2/c1-2-5-13-12(4-1)7-8-14-17(13)20-18(16-6-3-10-21-16)15-9-11-22-19(14)15/h3,6-8,10,15,18-20H,1-2,4-5,9,11H2/t15-,18+,19+/m1/s1. The van der Waals surface area contributed by atoms with Crippen molar-refractivity contribution in [3.8, 4) is 0 Å². The van der Waals surface area contributed by atoms with Crippen LogP contribution >= 0.6 is 0 Å². The summed E-state index contributed by atoms with van der Waals surface area (Å²) in [6, 6.07) is 8.95. The van der Waals surface area contributed by atoms with Gasteiger partial charge in [-0.3, -0.25) is 0 Å². The first kappa shape index (κ1) is 12.8. The molecule has 3 heteroatoms. The van der Waals surface area contributed by atoms with E-state index in [1.165, 1.54) is 48.1 Å². The highest BCUT2D eigenvalue weighted by molar-refractivity contribution is 5.65. The predicted octanol–water partition coefficient (Wildman–Crippen LogP) is 4.40. The van der Waals surface area contributed by atoms with Gasteiger partial charge in [-0.25, -0.2) is 0 Å². The second-order valence-corrected chi connectivity index (χ2v) is 6.76. The summed E-state index contributed by atoms with van der Waals surface area (Å²) < 4.78 is 11.8. The zero-order valence-electron chi connectivity index (χ0n) is 12.7. The zero-order chi connectivity index (χ0) is 14.5. The fourth-order valence-corrected chi connectivity index (χ4v) is 4.53. The number of hydrogen-bond donors (Lipinski definition) is 1. The van der Waals surface area contributed by atoms with Crippen LogP contribution in [-0.2, 0) is 17.6 Å². The lowest BCUT2D eigenvalue weighted by atomic mass is 9.79. The molecule has 3 atom stereocenters. The average Bonchev–Trinajstić information content (AvgIpc) is 3.25. The predicted molar refractivity (Wildman–Crippen MR) is 85.0 cm³/mol. The Morgan fingerprint density at radius 2 is 2.05 bits per heavy atom. The molecule has 0 bridgehead atoms. The van der Waals surface area contributed by atoms with Gasteiger partial charge in [-0.2, -0.15) is 0 Å². The van der Waals surface area contributed by atoms with Crippen LogP contribution in [0.2, 0.25) is 0 Å². The van der Waals surface area contributed by atoms with E-state index in [1.807, 2.05) is 6.07 Å². The Kier molecular flexibility index (Phi) is 2.83. The van der Waals surface area contributed by atoms with Crippen molar-refractivity contribution in [1.82, 2.24) is 0 Å². The van der Waals surface area contributed by atoms with Gasteiger partial charge in [0.25, 0.3) is 0 Å². The quantitative estimate of drug-likeness (QED) is 0.846. The SMILES string of the molecule is c1coc([C@H]2Nc3c(ccc4c3CCCC4)[C@@H]3OCC[C@H]23)c1. The molecule has 5 rings (SSSR count). The number of ether oxygens (including phenoxy) is 1. The molecule has 0 unspecified atom stereocenters. The topological polar surface area (TPSA) is 34.4 Å². The maximum Gasteiger partial charge on any atom is 0.126 e. The third kappa shape index (κ3) is 1.78. The molecule has 2 aromatic rings. The third-order valence-corrected chi connectivity index (χ3v) is 5.59. The van der Waals surface area contributed by atoms with E-state index in [4.69, 9.17) is 9.15 Å². The van der Waals surface area contributed by atoms with Gasteiger partial charge in [-0.05, 0) is 55.4 Å². The monoisotopic (exact) mass is 295 g/mol. The van der Waals surface area contributed by atoms with Gasteiger partial charge in [0.1, 0.15) is 5.76 Å². The summed E-state index contributed by atoms with van der Waals surface area (Å²) in [5.41, 5.74) is 5.74. The van der Waals surface area contributed by atoms with Crippen molar-refractivity contribution >= 4 is 5.69 Å². The number of nitrogens with one attached hydrogen (secondary N) is 1. The van der Waals surface area contributed by atoms with E-state index in [-0.39, 0.29) is 12.1 Å². The van der Waals surface area contributed by atoms with E-state index in [1.54, 1.807) is 6.26 Å². The van der Waals surface area contributed by atoms with Crippen molar-refractivity contribution in [3.63, 3.8) is 0 Å². The number of rotatable bonds is 1. The molecule has 3 aliphatic rings. The number of hydrogen-bond acceptors (Lipinski definition) is 3. The number of aryl methyl sites for hydroxylation is 1. The smallest absolute Gasteiger partial charge is 0.126 e. The lowest BCUT2D eigenvalue weighted by Gasteiger charge is -2.37. The normalized spacial score (nSPS) is 29.4. The molecule has 1 fully saturated rings. The molecule has 3 heterocycles. The number of furan rings is 1. The van der Waals surface area contributed by atoms with E-state index in [2.05, 4.69) is 23.5 Å². The zero-order valence-corrected chi connectivity index (χ0v) is 12.7. The molecule has 0 radical (unpaired) electrons. The first-order chi connectivity index (χ1) is 10.9. The Bertz CT molecular complexity index is 692. The molecule has 1 aromatic heterocycles. The van der Waals surface area contributed by atoms with Crippen LogP contribution in [0.5, 0.6) is 0 Å². The summed E-state index contributed by atoms with van der Waals surface area (Å²) in [4.78, 5) is 0. The molecule has 3 nitrogen and oxygen atoms in total. The highest BCUT2D eigenvalue weighted by Gasteiger charge is 2.43. The summed E-state index contributed by atoms with van der Waals surface area (Å²) in [5.74, 6) is 1.51. The molecule has 1 aliphatic carbocycles. The Morgan fingerprint density at radius 1 is 1.09 bits per heavy atom. The van der Waals surface area contributed by atoms with E-state index in [0.717, 1.165) is 18.8 Å². The van der Waals surface area contributed by atoms with Crippen molar-refractivity contribution in [2.45, 2.75) is 44.2 Å². The maximum absolute atomic E-state index is 6.12. The van der Waals surface area contributed by atoms with Crippen molar-refractivity contribution < 1.29 is 9.15 Å². The number of anilines is 1. The van der Waals surface area contributed by atoms with Crippen LogP contribution in [0.25, 0.3) is 0 Å². The molecule has 1 aromatic carbocycles. The first-order valence-corrected chi connectivity index (χ1v) is 8.48. The van der Waals surface area contributed by atoms with Gasteiger partial charge in [-0.1, -0.05) is 12.1 Å². The molecule has 114 valence electrons. The highest BCUT2D eigenvalue weighted by Crippen LogP contribution is 2.51. The second kappa shape index (κ2) is 4.88. The van der Waals surface area contributed by atoms with Gasteiger partial charge in [-0.15, -0.1) is 0 Å². The molecule has 22 heavy (non-hydrogen) atoms. The lowest BCUT2D eigenvalue weighted by Crippen LogP contribution is -2.30. The van der Waals surface area contributed by atoms with Crippen molar-refractivity contribution in [2.75, 3.05) is 11.9 Å². The first-order valence-electron chi connectivity index (χ1n) is 8.48. The Morgan fingerprint density at radius 3 is 2.95 bits per heavy atom. The van der Waals surface area contributed by atoms with Crippen molar-refractivity contribution in [1.29, 1.82) is 0 Å². The minimum atomic E-state index is 0.221. The van der Waals surface area contributed by atoms with Crippen LogP contribution in [0.3, 0.4) is 0 Å². The highest BCUT2D eigenvalue weighted by atomic mass is 16.5. The minimum Gasteiger partial charge on any atom is -0.467 e. The van der Waals surface area contributed by atoms with Gasteiger partial charge < -0.3 is 14.5 Å². The van der Waals surface area contributed by atoms with Crippen LogP contribution in [0.1, 0.15) is 53.9 Å². The molecule has 1 saturated heterocycles. The van der Waals surface area contributed by atoms with Crippen LogP contribution < -0.4 is 5.32 Å². The number of fused-ring (bicyclic) bond motifs is 5. The minimum absolute atomic E-state index is 0.221. The van der Waals surface area contributed by atoms with E-state index in [0.29, 0.717) is 5.92 Å². The molecule has 0 spiro atoms. The molecule has 0 amide bonds. The molecule has 0 saturated carbocycles. The summed E-state index contributed by atoms with van der Waals surface area (Å²) in [7, 11) is 0. The third-order valence-electron chi connectivity index (χ3n) is 5.59. The van der Waals surface area contributed by atoms with Crippen LogP contribution in [0, 0.1) is 5.92 Å². The molecular formula is C19H21NO2. The average molecular weight is 295 g/mol. The van der Waals surface area contributed by atoms with Gasteiger partial charge in [0.15, 0.2) is 0 Å². The largest absolute Gasteiger partial charge is 0.467 e.